The molecular formula is C25H22ClN7O2. The molecule has 35 heavy (non-hydrogen) atoms. The van der Waals surface area contributed by atoms with Crippen molar-refractivity contribution in [3.8, 4) is 17.3 Å². The number of benzene rings is 2. The van der Waals surface area contributed by atoms with Crippen molar-refractivity contribution < 1.29 is 9.59 Å². The first-order chi connectivity index (χ1) is 16.9. The van der Waals surface area contributed by atoms with Crippen molar-refractivity contribution in [3.63, 3.8) is 0 Å². The van der Waals surface area contributed by atoms with Gasteiger partial charge in [-0.15, -0.1) is 0 Å². The molecule has 176 valence electrons. The number of rotatable bonds is 7. The second-order valence-electron chi connectivity index (χ2n) is 8.43. The van der Waals surface area contributed by atoms with E-state index in [9.17, 15) is 14.9 Å². The number of nitriles is 1. The van der Waals surface area contributed by atoms with Gasteiger partial charge < -0.3 is 16.0 Å². The van der Waals surface area contributed by atoms with Gasteiger partial charge in [0.05, 0.1) is 45.1 Å². The summed E-state index contributed by atoms with van der Waals surface area (Å²) in [7, 11) is 0. The zero-order valence-electron chi connectivity index (χ0n) is 18.9. The minimum atomic E-state index is -0.175. The minimum absolute atomic E-state index is 0.115. The molecule has 2 aromatic carbocycles. The Kier molecular flexibility index (Phi) is 5.97. The number of nitrogens with zero attached hydrogens (tertiary/aromatic N) is 4. The Labute approximate surface area is 206 Å². The Hall–Kier alpha value is -4.16. The third-order valence-corrected chi connectivity index (χ3v) is 6.08. The number of carbonyl (C=O) groups is 2. The highest BCUT2D eigenvalue weighted by Gasteiger charge is 2.25. The van der Waals surface area contributed by atoms with Gasteiger partial charge in [0.25, 0.3) is 5.91 Å². The number of hydrogen-bond donors (Lipinski definition) is 3. The van der Waals surface area contributed by atoms with Gasteiger partial charge in [0.1, 0.15) is 0 Å². The van der Waals surface area contributed by atoms with Crippen LogP contribution in [0.3, 0.4) is 0 Å². The van der Waals surface area contributed by atoms with Crippen molar-refractivity contribution in [2.75, 3.05) is 18.4 Å². The van der Waals surface area contributed by atoms with Crippen LogP contribution in [0.2, 0.25) is 5.02 Å². The zero-order valence-corrected chi connectivity index (χ0v) is 19.7. The second-order valence-corrected chi connectivity index (χ2v) is 8.84. The molecule has 3 N–H and O–H groups in total. The monoisotopic (exact) mass is 487 g/mol. The molecule has 1 aliphatic rings. The molecular weight excluding hydrogens is 466 g/mol. The Morgan fingerprint density at radius 1 is 1.20 bits per heavy atom. The van der Waals surface area contributed by atoms with E-state index in [1.165, 1.54) is 6.92 Å². The van der Waals surface area contributed by atoms with Crippen molar-refractivity contribution in [1.29, 1.82) is 5.26 Å². The molecule has 2 aromatic heterocycles. The molecule has 0 spiro atoms. The van der Waals surface area contributed by atoms with Crippen LogP contribution in [0.15, 0.2) is 42.6 Å². The SMILES string of the molecule is CC(=O)NCCNc1nc2cc(C#N)ccc2n2c(-c3ccc(C(=O)NC4CC4)c(Cl)c3)cnc12. The van der Waals surface area contributed by atoms with Gasteiger partial charge in [-0.3, -0.25) is 14.0 Å². The fraction of sp³-hybridized carbons (Fsp3) is 0.240. The highest BCUT2D eigenvalue weighted by molar-refractivity contribution is 6.34. The van der Waals surface area contributed by atoms with Gasteiger partial charge in [-0.05, 0) is 43.2 Å². The Balaban J connectivity index is 1.58. The lowest BCUT2D eigenvalue weighted by Gasteiger charge is -2.12. The fourth-order valence-electron chi connectivity index (χ4n) is 3.90. The minimum Gasteiger partial charge on any atom is -0.365 e. The maximum absolute atomic E-state index is 12.5. The highest BCUT2D eigenvalue weighted by atomic mass is 35.5. The third-order valence-electron chi connectivity index (χ3n) is 5.76. The zero-order chi connectivity index (χ0) is 24.5. The maximum atomic E-state index is 12.5. The van der Waals surface area contributed by atoms with Gasteiger partial charge in [-0.1, -0.05) is 17.7 Å². The standard InChI is InChI=1S/C25H22ClN7O2/c1-14(34)28-8-9-29-23-24-30-13-22(33(24)21-7-2-15(12-27)10-20(21)32-23)16-3-6-18(19(26)11-16)25(35)31-17-4-5-17/h2-3,6-7,10-11,13,17H,4-5,8-9H2,1H3,(H,28,34)(H,29,32)(H,31,35). The summed E-state index contributed by atoms with van der Waals surface area (Å²) < 4.78 is 1.94. The smallest absolute Gasteiger partial charge is 0.253 e. The van der Waals surface area contributed by atoms with E-state index in [1.807, 2.05) is 16.5 Å². The van der Waals surface area contributed by atoms with Crippen molar-refractivity contribution in [3.05, 3.63) is 58.7 Å². The first-order valence-corrected chi connectivity index (χ1v) is 11.6. The molecule has 10 heteroatoms. The van der Waals surface area contributed by atoms with Gasteiger partial charge in [0, 0.05) is 31.6 Å². The Morgan fingerprint density at radius 2 is 2.03 bits per heavy atom. The van der Waals surface area contributed by atoms with Crippen LogP contribution in [0, 0.1) is 11.3 Å². The molecule has 9 nitrogen and oxygen atoms in total. The van der Waals surface area contributed by atoms with Gasteiger partial charge >= 0.3 is 0 Å². The van der Waals surface area contributed by atoms with Gasteiger partial charge in [0.2, 0.25) is 5.91 Å². The molecule has 0 atom stereocenters. The van der Waals surface area contributed by atoms with Crippen molar-refractivity contribution in [2.24, 2.45) is 0 Å². The van der Waals surface area contributed by atoms with Crippen molar-refractivity contribution >= 4 is 45.9 Å². The molecule has 2 amide bonds. The molecule has 4 aromatic rings. The average molecular weight is 488 g/mol. The summed E-state index contributed by atoms with van der Waals surface area (Å²) in [5, 5.41) is 18.6. The van der Waals surface area contributed by atoms with E-state index in [-0.39, 0.29) is 17.9 Å². The first-order valence-electron chi connectivity index (χ1n) is 11.2. The van der Waals surface area contributed by atoms with Crippen molar-refractivity contribution in [1.82, 2.24) is 25.0 Å². The highest BCUT2D eigenvalue weighted by Crippen LogP contribution is 2.31. The summed E-state index contributed by atoms with van der Waals surface area (Å²) in [5.74, 6) is 0.235. The number of hydrogen-bond acceptors (Lipinski definition) is 6. The molecule has 1 saturated carbocycles. The number of fused-ring (bicyclic) bond motifs is 3. The van der Waals surface area contributed by atoms with Crippen LogP contribution < -0.4 is 16.0 Å². The van der Waals surface area contributed by atoms with Gasteiger partial charge in [-0.2, -0.15) is 5.26 Å². The lowest BCUT2D eigenvalue weighted by atomic mass is 10.1. The van der Waals surface area contributed by atoms with Gasteiger partial charge in [-0.25, -0.2) is 9.97 Å². The van der Waals surface area contributed by atoms with Crippen LogP contribution in [0.5, 0.6) is 0 Å². The predicted molar refractivity (Wildman–Crippen MR) is 133 cm³/mol. The number of carbonyl (C=O) groups excluding carboxylic acids is 2. The molecule has 1 aliphatic carbocycles. The van der Waals surface area contributed by atoms with Crippen molar-refractivity contribution in [2.45, 2.75) is 25.8 Å². The largest absolute Gasteiger partial charge is 0.365 e. The van der Waals surface area contributed by atoms with E-state index in [1.54, 1.807) is 30.5 Å². The summed E-state index contributed by atoms with van der Waals surface area (Å²) in [6, 6.07) is 13.0. The van der Waals surface area contributed by atoms with E-state index >= 15 is 0 Å². The first kappa shape index (κ1) is 22.6. The van der Waals surface area contributed by atoms with E-state index in [0.717, 1.165) is 29.6 Å². The average Bonchev–Trinajstić information content (AvgIpc) is 3.54. The molecule has 2 heterocycles. The van der Waals surface area contributed by atoms with Crippen LogP contribution in [0.25, 0.3) is 27.9 Å². The summed E-state index contributed by atoms with van der Waals surface area (Å²) in [4.78, 5) is 33.0. The van der Waals surface area contributed by atoms with Crippen LogP contribution in [-0.4, -0.2) is 45.3 Å². The summed E-state index contributed by atoms with van der Waals surface area (Å²) >= 11 is 6.51. The van der Waals surface area contributed by atoms with E-state index in [0.29, 0.717) is 46.2 Å². The Morgan fingerprint density at radius 3 is 2.74 bits per heavy atom. The number of imidazole rings is 1. The number of anilines is 1. The van der Waals surface area contributed by atoms with Crippen LogP contribution in [-0.2, 0) is 4.79 Å². The molecule has 0 radical (unpaired) electrons. The van der Waals surface area contributed by atoms with E-state index in [4.69, 9.17) is 11.6 Å². The number of halogens is 1. The summed E-state index contributed by atoms with van der Waals surface area (Å²) in [5.41, 5.74) is 4.44. The lowest BCUT2D eigenvalue weighted by molar-refractivity contribution is -0.118. The molecule has 0 aliphatic heterocycles. The third kappa shape index (κ3) is 4.61. The number of aromatic nitrogens is 3. The second kappa shape index (κ2) is 9.24. The molecule has 0 bridgehead atoms. The number of nitrogens with one attached hydrogen (secondary N) is 3. The molecule has 1 fully saturated rings. The summed E-state index contributed by atoms with van der Waals surface area (Å²) in [6.45, 7) is 2.33. The number of amides is 2. The van der Waals surface area contributed by atoms with Crippen LogP contribution in [0.4, 0.5) is 5.82 Å². The Bertz CT molecular complexity index is 1520. The van der Waals surface area contributed by atoms with E-state index in [2.05, 4.69) is 32.0 Å². The fourth-order valence-corrected chi connectivity index (χ4v) is 4.16. The maximum Gasteiger partial charge on any atom is 0.253 e. The lowest BCUT2D eigenvalue weighted by Crippen LogP contribution is -2.26. The molecule has 0 unspecified atom stereocenters. The topological polar surface area (TPSA) is 124 Å². The normalized spacial score (nSPS) is 12.9. The summed E-state index contributed by atoms with van der Waals surface area (Å²) in [6.07, 6.45) is 3.72. The molecule has 5 rings (SSSR count). The quantitative estimate of drug-likeness (QED) is 0.343. The van der Waals surface area contributed by atoms with Crippen LogP contribution in [0.1, 0.15) is 35.7 Å². The molecule has 0 saturated heterocycles. The van der Waals surface area contributed by atoms with Gasteiger partial charge in [0.15, 0.2) is 11.5 Å². The van der Waals surface area contributed by atoms with E-state index < -0.39 is 0 Å². The van der Waals surface area contributed by atoms with Crippen LogP contribution >= 0.6 is 11.6 Å². The predicted octanol–water partition coefficient (Wildman–Crippen LogP) is 3.51.